The van der Waals surface area contributed by atoms with Gasteiger partial charge in [-0.05, 0) is 36.0 Å². The van der Waals surface area contributed by atoms with Crippen LogP contribution in [0.4, 0.5) is 0 Å². The SMILES string of the molecule is CN1Cc2ccc(-c3nccc(C#N)c3-c3cnn(CC4(C)CCCC4)c3)cc2C1=O. The van der Waals surface area contributed by atoms with Crippen LogP contribution >= 0.6 is 0 Å². The van der Waals surface area contributed by atoms with Gasteiger partial charge in [-0.2, -0.15) is 10.4 Å². The molecule has 1 aliphatic carbocycles. The number of amides is 1. The minimum atomic E-state index is 0.0208. The van der Waals surface area contributed by atoms with Crippen molar-refractivity contribution in [2.75, 3.05) is 7.05 Å². The molecule has 0 saturated heterocycles. The highest BCUT2D eigenvalue weighted by Gasteiger charge is 2.30. The second-order valence-corrected chi connectivity index (χ2v) is 9.17. The zero-order valence-electron chi connectivity index (χ0n) is 17.9. The number of pyridine rings is 1. The number of carbonyl (C=O) groups is 1. The molecule has 0 unspecified atom stereocenters. The fourth-order valence-corrected chi connectivity index (χ4v) is 5.02. The summed E-state index contributed by atoms with van der Waals surface area (Å²) in [4.78, 5) is 18.8. The van der Waals surface area contributed by atoms with Crippen molar-refractivity contribution in [2.24, 2.45) is 5.41 Å². The molecule has 2 aromatic heterocycles. The van der Waals surface area contributed by atoms with Crippen molar-refractivity contribution in [1.82, 2.24) is 19.7 Å². The Morgan fingerprint density at radius 3 is 2.77 bits per heavy atom. The predicted octanol–water partition coefficient (Wildman–Crippen LogP) is 4.65. The molecule has 2 aliphatic rings. The second-order valence-electron chi connectivity index (χ2n) is 9.17. The summed E-state index contributed by atoms with van der Waals surface area (Å²) < 4.78 is 2.00. The molecule has 1 fully saturated rings. The Bertz CT molecular complexity index is 1210. The van der Waals surface area contributed by atoms with Crippen molar-refractivity contribution in [3.8, 4) is 28.5 Å². The van der Waals surface area contributed by atoms with E-state index in [1.165, 1.54) is 25.7 Å². The van der Waals surface area contributed by atoms with E-state index in [0.29, 0.717) is 23.4 Å². The molecule has 6 nitrogen and oxygen atoms in total. The lowest BCUT2D eigenvalue weighted by Crippen LogP contribution is -2.19. The molecule has 3 aromatic rings. The van der Waals surface area contributed by atoms with Gasteiger partial charge < -0.3 is 4.90 Å². The molecule has 0 N–H and O–H groups in total. The number of carbonyl (C=O) groups excluding carboxylic acids is 1. The van der Waals surface area contributed by atoms with Gasteiger partial charge in [0, 0.05) is 54.8 Å². The fourth-order valence-electron chi connectivity index (χ4n) is 5.02. The molecule has 1 saturated carbocycles. The van der Waals surface area contributed by atoms with Gasteiger partial charge in [-0.3, -0.25) is 14.5 Å². The molecule has 1 aromatic carbocycles. The first kappa shape index (κ1) is 19.5. The Balaban J connectivity index is 1.57. The van der Waals surface area contributed by atoms with Gasteiger partial charge in [0.05, 0.1) is 23.5 Å². The maximum atomic E-state index is 12.5. The Kier molecular flexibility index (Phi) is 4.62. The van der Waals surface area contributed by atoms with Crippen molar-refractivity contribution < 1.29 is 4.79 Å². The van der Waals surface area contributed by atoms with E-state index in [-0.39, 0.29) is 11.3 Å². The van der Waals surface area contributed by atoms with Crippen LogP contribution in [0.2, 0.25) is 0 Å². The predicted molar refractivity (Wildman–Crippen MR) is 118 cm³/mol. The molecule has 0 atom stereocenters. The first-order valence-corrected chi connectivity index (χ1v) is 10.8. The van der Waals surface area contributed by atoms with Crippen molar-refractivity contribution in [3.63, 3.8) is 0 Å². The summed E-state index contributed by atoms with van der Waals surface area (Å²) in [6, 6.07) is 9.92. The summed E-state index contributed by atoms with van der Waals surface area (Å²) in [5, 5.41) is 14.4. The van der Waals surface area contributed by atoms with E-state index in [4.69, 9.17) is 0 Å². The summed E-state index contributed by atoms with van der Waals surface area (Å²) in [7, 11) is 1.81. The third-order valence-corrected chi connectivity index (χ3v) is 6.72. The van der Waals surface area contributed by atoms with Crippen molar-refractivity contribution in [3.05, 3.63) is 59.5 Å². The second kappa shape index (κ2) is 7.35. The lowest BCUT2D eigenvalue weighted by Gasteiger charge is -2.22. The maximum absolute atomic E-state index is 12.5. The number of benzene rings is 1. The normalized spacial score (nSPS) is 17.1. The third kappa shape index (κ3) is 3.40. The molecular weight excluding hydrogens is 386 g/mol. The van der Waals surface area contributed by atoms with Crippen LogP contribution in [0, 0.1) is 16.7 Å². The molecule has 1 amide bonds. The van der Waals surface area contributed by atoms with Crippen LogP contribution in [0.25, 0.3) is 22.4 Å². The van der Waals surface area contributed by atoms with E-state index in [1.54, 1.807) is 24.2 Å². The summed E-state index contributed by atoms with van der Waals surface area (Å²) >= 11 is 0. The van der Waals surface area contributed by atoms with Crippen LogP contribution in [0.1, 0.15) is 54.1 Å². The molecule has 1 aliphatic heterocycles. The zero-order chi connectivity index (χ0) is 21.6. The van der Waals surface area contributed by atoms with Crippen LogP contribution in [-0.4, -0.2) is 32.6 Å². The summed E-state index contributed by atoms with van der Waals surface area (Å²) in [6.07, 6.45) is 10.5. The molecule has 5 rings (SSSR count). The molecule has 156 valence electrons. The van der Waals surface area contributed by atoms with E-state index in [2.05, 4.69) is 23.1 Å². The van der Waals surface area contributed by atoms with Crippen LogP contribution in [-0.2, 0) is 13.1 Å². The Morgan fingerprint density at radius 1 is 1.19 bits per heavy atom. The first-order valence-electron chi connectivity index (χ1n) is 10.8. The molecule has 0 spiro atoms. The van der Waals surface area contributed by atoms with E-state index in [9.17, 15) is 10.1 Å². The Labute approximate surface area is 182 Å². The number of hydrogen-bond acceptors (Lipinski definition) is 4. The average Bonchev–Trinajstić information content (AvgIpc) is 3.48. The van der Waals surface area contributed by atoms with Gasteiger partial charge in [0.1, 0.15) is 0 Å². The summed E-state index contributed by atoms with van der Waals surface area (Å²) in [6.45, 7) is 3.83. The van der Waals surface area contributed by atoms with Gasteiger partial charge >= 0.3 is 0 Å². The fraction of sp³-hybridized carbons (Fsp3) is 0.360. The lowest BCUT2D eigenvalue weighted by molar-refractivity contribution is 0.0816. The highest BCUT2D eigenvalue weighted by Crippen LogP contribution is 2.40. The minimum absolute atomic E-state index is 0.0208. The van der Waals surface area contributed by atoms with Crippen molar-refractivity contribution in [1.29, 1.82) is 5.26 Å². The van der Waals surface area contributed by atoms with Crippen LogP contribution in [0.5, 0.6) is 0 Å². The Hall–Kier alpha value is -3.46. The first-order chi connectivity index (χ1) is 15.0. The van der Waals surface area contributed by atoms with Crippen LogP contribution in [0.3, 0.4) is 0 Å². The quantitative estimate of drug-likeness (QED) is 0.626. The standard InChI is InChI=1S/C25H25N5O/c1-25(8-3-4-9-25)16-30-15-20(13-28-30)22-18(12-26)7-10-27-23(22)17-5-6-19-14-29(2)24(31)21(19)11-17/h5-7,10-11,13,15H,3-4,8-9,14,16H2,1-2H3. The van der Waals surface area contributed by atoms with Gasteiger partial charge in [-0.15, -0.1) is 0 Å². The van der Waals surface area contributed by atoms with E-state index >= 15 is 0 Å². The molecule has 6 heteroatoms. The number of fused-ring (bicyclic) bond motifs is 1. The molecule has 31 heavy (non-hydrogen) atoms. The topological polar surface area (TPSA) is 74.8 Å². The maximum Gasteiger partial charge on any atom is 0.254 e. The van der Waals surface area contributed by atoms with Gasteiger partial charge in [-0.25, -0.2) is 0 Å². The molecule has 0 bridgehead atoms. The third-order valence-electron chi connectivity index (χ3n) is 6.72. The van der Waals surface area contributed by atoms with Crippen LogP contribution < -0.4 is 0 Å². The number of hydrogen-bond donors (Lipinski definition) is 0. The summed E-state index contributed by atoms with van der Waals surface area (Å²) in [5.74, 6) is 0.0208. The van der Waals surface area contributed by atoms with Crippen molar-refractivity contribution in [2.45, 2.75) is 45.7 Å². The van der Waals surface area contributed by atoms with Gasteiger partial charge in [-0.1, -0.05) is 31.9 Å². The number of nitrogens with zero attached hydrogens (tertiary/aromatic N) is 5. The Morgan fingerprint density at radius 2 is 2.00 bits per heavy atom. The minimum Gasteiger partial charge on any atom is -0.337 e. The zero-order valence-corrected chi connectivity index (χ0v) is 17.9. The monoisotopic (exact) mass is 411 g/mol. The van der Waals surface area contributed by atoms with E-state index < -0.39 is 0 Å². The molecule has 0 radical (unpaired) electrons. The number of aromatic nitrogens is 3. The van der Waals surface area contributed by atoms with Gasteiger partial charge in [0.2, 0.25) is 0 Å². The highest BCUT2D eigenvalue weighted by molar-refractivity contribution is 5.99. The average molecular weight is 412 g/mol. The molecule has 3 heterocycles. The van der Waals surface area contributed by atoms with E-state index in [0.717, 1.165) is 28.8 Å². The number of nitriles is 1. The van der Waals surface area contributed by atoms with Gasteiger partial charge in [0.15, 0.2) is 0 Å². The molecular formula is C25H25N5O. The summed E-state index contributed by atoms with van der Waals surface area (Å²) in [5.41, 5.74) is 5.76. The highest BCUT2D eigenvalue weighted by atomic mass is 16.2. The largest absolute Gasteiger partial charge is 0.337 e. The smallest absolute Gasteiger partial charge is 0.254 e. The van der Waals surface area contributed by atoms with Crippen molar-refractivity contribution >= 4 is 5.91 Å². The van der Waals surface area contributed by atoms with Crippen LogP contribution in [0.15, 0.2) is 42.9 Å². The number of rotatable bonds is 4. The lowest BCUT2D eigenvalue weighted by atomic mass is 9.89. The van der Waals surface area contributed by atoms with E-state index in [1.807, 2.05) is 35.3 Å². The van der Waals surface area contributed by atoms with Gasteiger partial charge in [0.25, 0.3) is 5.91 Å².